The molecule has 1 N–H and O–H groups in total. The summed E-state index contributed by atoms with van der Waals surface area (Å²) in [5.74, 6) is 0.341. The van der Waals surface area contributed by atoms with Crippen molar-refractivity contribution in [2.45, 2.75) is 45.6 Å². The van der Waals surface area contributed by atoms with Gasteiger partial charge in [0.25, 0.3) is 10.2 Å². The van der Waals surface area contributed by atoms with Gasteiger partial charge in [0.15, 0.2) is 0 Å². The van der Waals surface area contributed by atoms with E-state index >= 15 is 0 Å². The maximum atomic E-state index is 13.1. The summed E-state index contributed by atoms with van der Waals surface area (Å²) in [5.41, 5.74) is 1.36. The number of rotatable bonds is 9. The lowest BCUT2D eigenvalue weighted by molar-refractivity contribution is -0.126. The van der Waals surface area contributed by atoms with E-state index in [4.69, 9.17) is 0 Å². The van der Waals surface area contributed by atoms with Crippen molar-refractivity contribution < 1.29 is 13.2 Å². The lowest BCUT2D eigenvalue weighted by Gasteiger charge is -2.37. The van der Waals surface area contributed by atoms with Gasteiger partial charge in [-0.05, 0) is 50.1 Å². The zero-order valence-corrected chi connectivity index (χ0v) is 22.1. The maximum absolute atomic E-state index is 13.1. The number of carbonyl (C=O) groups excluding carboxylic acids is 1. The number of nitrogens with zero attached hydrogens (tertiary/aromatic N) is 4. The van der Waals surface area contributed by atoms with Crippen molar-refractivity contribution in [1.82, 2.24) is 23.7 Å². The molecular formula is C26H43N5O3S. The van der Waals surface area contributed by atoms with Crippen LogP contribution in [0.4, 0.5) is 0 Å². The summed E-state index contributed by atoms with van der Waals surface area (Å²) in [7, 11) is -3.46. The summed E-state index contributed by atoms with van der Waals surface area (Å²) in [4.78, 5) is 17.8. The summed E-state index contributed by atoms with van der Waals surface area (Å²) in [5, 5.41) is 3.08. The summed E-state index contributed by atoms with van der Waals surface area (Å²) in [6, 6.07) is 10.6. The molecule has 1 amide bonds. The molecule has 0 aromatic heterocycles. The monoisotopic (exact) mass is 505 g/mol. The van der Waals surface area contributed by atoms with E-state index in [0.29, 0.717) is 38.6 Å². The molecule has 3 fully saturated rings. The Hall–Kier alpha value is -1.52. The molecule has 1 atom stereocenters. The molecule has 0 saturated carbocycles. The Morgan fingerprint density at radius 2 is 1.60 bits per heavy atom. The Morgan fingerprint density at radius 3 is 2.31 bits per heavy atom. The van der Waals surface area contributed by atoms with Crippen LogP contribution in [0.15, 0.2) is 30.3 Å². The fraction of sp³-hybridized carbons (Fsp3) is 0.731. The maximum Gasteiger partial charge on any atom is 0.281 e. The van der Waals surface area contributed by atoms with E-state index in [-0.39, 0.29) is 11.8 Å². The predicted molar refractivity (Wildman–Crippen MR) is 139 cm³/mol. The molecule has 0 spiro atoms. The van der Waals surface area contributed by atoms with Gasteiger partial charge in [0.1, 0.15) is 0 Å². The first-order valence-corrected chi connectivity index (χ1v) is 14.8. The highest BCUT2D eigenvalue weighted by atomic mass is 32.2. The van der Waals surface area contributed by atoms with Gasteiger partial charge in [-0.25, -0.2) is 0 Å². The van der Waals surface area contributed by atoms with Crippen LogP contribution in [0.3, 0.4) is 0 Å². The van der Waals surface area contributed by atoms with E-state index in [0.717, 1.165) is 71.4 Å². The summed E-state index contributed by atoms with van der Waals surface area (Å²) in [6.07, 6.45) is 4.26. The SMILES string of the molecule is CC1CCN(S(=O)(=O)N2CCC[C@@H](C(=O)NCCCN3CCN(Cc4ccccc4)CC3)C2)CC1. The standard InChI is InChI=1S/C26H43N5O3S/c1-23-10-15-30(16-11-23)35(33,34)31-14-5-9-25(22-31)26(32)27-12-6-13-28-17-19-29(20-18-28)21-24-7-3-2-4-8-24/h2-4,7-8,23,25H,5-6,9-22H2,1H3,(H,27,32)/t25-/m1/s1. The smallest absolute Gasteiger partial charge is 0.281 e. The zero-order chi connectivity index (χ0) is 24.7. The zero-order valence-electron chi connectivity index (χ0n) is 21.3. The number of hydrogen-bond acceptors (Lipinski definition) is 5. The minimum Gasteiger partial charge on any atom is -0.356 e. The van der Waals surface area contributed by atoms with E-state index in [1.54, 1.807) is 8.61 Å². The van der Waals surface area contributed by atoms with E-state index in [1.807, 2.05) is 0 Å². The van der Waals surface area contributed by atoms with Crippen LogP contribution < -0.4 is 5.32 Å². The minimum absolute atomic E-state index is 0.00449. The topological polar surface area (TPSA) is 76.2 Å². The third-order valence-electron chi connectivity index (χ3n) is 7.81. The minimum atomic E-state index is -3.46. The van der Waals surface area contributed by atoms with Gasteiger partial charge in [0, 0.05) is 65.4 Å². The average molecular weight is 506 g/mol. The number of hydrogen-bond donors (Lipinski definition) is 1. The van der Waals surface area contributed by atoms with E-state index in [1.165, 1.54) is 5.56 Å². The van der Waals surface area contributed by atoms with E-state index in [2.05, 4.69) is 52.4 Å². The molecule has 3 heterocycles. The molecule has 0 radical (unpaired) electrons. The second-order valence-corrected chi connectivity index (χ2v) is 12.5. The quantitative estimate of drug-likeness (QED) is 0.520. The molecule has 3 aliphatic heterocycles. The number of nitrogens with one attached hydrogen (secondary N) is 1. The van der Waals surface area contributed by atoms with Crippen molar-refractivity contribution in [3.63, 3.8) is 0 Å². The summed E-state index contributed by atoms with van der Waals surface area (Å²) >= 11 is 0. The first-order valence-electron chi connectivity index (χ1n) is 13.4. The molecule has 9 heteroatoms. The third kappa shape index (κ3) is 7.49. The Labute approximate surface area is 211 Å². The molecule has 0 aliphatic carbocycles. The van der Waals surface area contributed by atoms with Crippen LogP contribution in [-0.2, 0) is 21.5 Å². The Balaban J connectivity index is 1.13. The van der Waals surface area contributed by atoms with Gasteiger partial charge in [-0.1, -0.05) is 37.3 Å². The van der Waals surface area contributed by atoms with E-state index in [9.17, 15) is 13.2 Å². The van der Waals surface area contributed by atoms with Crippen molar-refractivity contribution in [2.75, 3.05) is 65.4 Å². The Morgan fingerprint density at radius 1 is 0.914 bits per heavy atom. The third-order valence-corrected chi connectivity index (χ3v) is 9.82. The normalized spacial score (nSPS) is 24.4. The number of amides is 1. The molecule has 3 saturated heterocycles. The largest absolute Gasteiger partial charge is 0.356 e. The molecule has 4 rings (SSSR count). The average Bonchev–Trinajstić information content (AvgIpc) is 2.88. The van der Waals surface area contributed by atoms with Gasteiger partial charge in [0.05, 0.1) is 5.92 Å². The fourth-order valence-corrected chi connectivity index (χ4v) is 7.14. The van der Waals surface area contributed by atoms with E-state index < -0.39 is 10.2 Å². The number of piperazine rings is 1. The molecule has 35 heavy (non-hydrogen) atoms. The molecule has 0 unspecified atom stereocenters. The highest BCUT2D eigenvalue weighted by Gasteiger charge is 2.36. The van der Waals surface area contributed by atoms with Crippen molar-refractivity contribution in [1.29, 1.82) is 0 Å². The molecular weight excluding hydrogens is 462 g/mol. The highest BCUT2D eigenvalue weighted by Crippen LogP contribution is 2.25. The van der Waals surface area contributed by atoms with Crippen LogP contribution in [-0.4, -0.2) is 98.2 Å². The summed E-state index contributed by atoms with van der Waals surface area (Å²) in [6.45, 7) is 11.1. The Bertz CT molecular complexity index is 897. The second kappa shape index (κ2) is 12.6. The second-order valence-electron chi connectivity index (χ2n) is 10.5. The molecule has 0 bridgehead atoms. The molecule has 3 aliphatic rings. The summed E-state index contributed by atoms with van der Waals surface area (Å²) < 4.78 is 29.3. The first-order chi connectivity index (χ1) is 16.9. The molecule has 1 aromatic rings. The molecule has 1 aromatic carbocycles. The van der Waals surface area contributed by atoms with Crippen LogP contribution >= 0.6 is 0 Å². The van der Waals surface area contributed by atoms with Crippen LogP contribution in [0.5, 0.6) is 0 Å². The van der Waals surface area contributed by atoms with Crippen LogP contribution in [0.25, 0.3) is 0 Å². The van der Waals surface area contributed by atoms with Crippen molar-refractivity contribution in [3.05, 3.63) is 35.9 Å². The van der Waals surface area contributed by atoms with Crippen LogP contribution in [0.2, 0.25) is 0 Å². The van der Waals surface area contributed by atoms with Gasteiger partial charge in [0.2, 0.25) is 5.91 Å². The van der Waals surface area contributed by atoms with Gasteiger partial charge < -0.3 is 10.2 Å². The first kappa shape index (κ1) is 26.5. The number of carbonyl (C=O) groups is 1. The number of benzene rings is 1. The van der Waals surface area contributed by atoms with Gasteiger partial charge in [-0.15, -0.1) is 0 Å². The van der Waals surface area contributed by atoms with Gasteiger partial charge >= 0.3 is 0 Å². The lowest BCUT2D eigenvalue weighted by Crippen LogP contribution is -2.52. The van der Waals surface area contributed by atoms with Crippen molar-refractivity contribution in [2.24, 2.45) is 11.8 Å². The lowest BCUT2D eigenvalue weighted by atomic mass is 9.99. The van der Waals surface area contributed by atoms with Crippen LogP contribution in [0, 0.1) is 11.8 Å². The van der Waals surface area contributed by atoms with Gasteiger partial charge in [-0.2, -0.15) is 17.0 Å². The van der Waals surface area contributed by atoms with Crippen molar-refractivity contribution in [3.8, 4) is 0 Å². The Kier molecular flexibility index (Phi) is 9.58. The van der Waals surface area contributed by atoms with Crippen LogP contribution in [0.1, 0.15) is 44.6 Å². The molecule has 196 valence electrons. The van der Waals surface area contributed by atoms with Gasteiger partial charge in [-0.3, -0.25) is 9.69 Å². The number of piperidine rings is 2. The van der Waals surface area contributed by atoms with Crippen molar-refractivity contribution >= 4 is 16.1 Å². The highest BCUT2D eigenvalue weighted by molar-refractivity contribution is 7.86. The molecule has 8 nitrogen and oxygen atoms in total. The fourth-order valence-electron chi connectivity index (χ4n) is 5.42. The predicted octanol–water partition coefficient (Wildman–Crippen LogP) is 2.00.